The number of amides is 2. The van der Waals surface area contributed by atoms with Crippen LogP contribution < -0.4 is 10.2 Å². The summed E-state index contributed by atoms with van der Waals surface area (Å²) < 4.78 is 2.02. The molecule has 3 aromatic rings. The molecule has 2 heterocycles. The SMILES string of the molecule is Cc1cccc(-n2ccnc2SCC(=O)Nc2ccc(N3CCCC3=O)cc2)c1C. The van der Waals surface area contributed by atoms with E-state index < -0.39 is 0 Å². The third-order valence-corrected chi connectivity index (χ3v) is 6.28. The molecule has 1 saturated heterocycles. The minimum absolute atomic E-state index is 0.0967. The van der Waals surface area contributed by atoms with E-state index in [1.54, 1.807) is 11.1 Å². The molecule has 0 radical (unpaired) electrons. The van der Waals surface area contributed by atoms with Crippen molar-refractivity contribution in [2.45, 2.75) is 31.8 Å². The number of rotatable bonds is 6. The molecule has 0 aliphatic carbocycles. The van der Waals surface area contributed by atoms with Gasteiger partial charge in [0.25, 0.3) is 0 Å². The highest BCUT2D eigenvalue weighted by Crippen LogP contribution is 2.25. The minimum Gasteiger partial charge on any atom is -0.325 e. The number of hydrogen-bond donors (Lipinski definition) is 1. The highest BCUT2D eigenvalue weighted by atomic mass is 32.2. The molecule has 4 rings (SSSR count). The molecule has 6 nitrogen and oxygen atoms in total. The maximum absolute atomic E-state index is 12.4. The normalized spacial score (nSPS) is 13.7. The number of nitrogens with zero attached hydrogens (tertiary/aromatic N) is 3. The average Bonchev–Trinajstić information content (AvgIpc) is 3.38. The Morgan fingerprint density at radius 3 is 2.70 bits per heavy atom. The van der Waals surface area contributed by atoms with Gasteiger partial charge in [-0.3, -0.25) is 14.2 Å². The van der Waals surface area contributed by atoms with Gasteiger partial charge in [-0.05, 0) is 61.7 Å². The van der Waals surface area contributed by atoms with Crippen molar-refractivity contribution < 1.29 is 9.59 Å². The second-order valence-electron chi connectivity index (χ2n) is 7.33. The van der Waals surface area contributed by atoms with Crippen LogP contribution in [0.15, 0.2) is 60.0 Å². The molecule has 1 aliphatic rings. The molecule has 0 spiro atoms. The lowest BCUT2D eigenvalue weighted by Gasteiger charge is -2.16. The highest BCUT2D eigenvalue weighted by Gasteiger charge is 2.21. The third kappa shape index (κ3) is 4.26. The quantitative estimate of drug-likeness (QED) is 0.602. The number of carbonyl (C=O) groups excluding carboxylic acids is 2. The molecular formula is C23H24N4O2S. The molecule has 154 valence electrons. The summed E-state index contributed by atoms with van der Waals surface area (Å²) in [7, 11) is 0. The summed E-state index contributed by atoms with van der Waals surface area (Å²) in [4.78, 5) is 30.5. The van der Waals surface area contributed by atoms with Crippen LogP contribution in [0.5, 0.6) is 0 Å². The first-order chi connectivity index (χ1) is 14.5. The molecule has 1 aromatic heterocycles. The number of aromatic nitrogens is 2. The molecule has 7 heteroatoms. The van der Waals surface area contributed by atoms with Crippen molar-refractivity contribution in [2.75, 3.05) is 22.5 Å². The predicted molar refractivity (Wildman–Crippen MR) is 120 cm³/mol. The molecule has 0 unspecified atom stereocenters. The lowest BCUT2D eigenvalue weighted by Crippen LogP contribution is -2.23. The summed E-state index contributed by atoms with van der Waals surface area (Å²) >= 11 is 1.40. The molecule has 1 aliphatic heterocycles. The van der Waals surface area contributed by atoms with E-state index >= 15 is 0 Å². The van der Waals surface area contributed by atoms with Crippen LogP contribution in [-0.4, -0.2) is 33.7 Å². The second-order valence-corrected chi connectivity index (χ2v) is 8.27. The first-order valence-corrected chi connectivity index (χ1v) is 10.9. The van der Waals surface area contributed by atoms with E-state index in [0.29, 0.717) is 12.1 Å². The van der Waals surface area contributed by atoms with Crippen molar-refractivity contribution in [3.05, 3.63) is 66.0 Å². The van der Waals surface area contributed by atoms with Crippen LogP contribution in [0.4, 0.5) is 11.4 Å². The Hall–Kier alpha value is -3.06. The first kappa shape index (κ1) is 20.2. The topological polar surface area (TPSA) is 67.2 Å². The van der Waals surface area contributed by atoms with Crippen molar-refractivity contribution in [2.24, 2.45) is 0 Å². The van der Waals surface area contributed by atoms with Crippen LogP contribution >= 0.6 is 11.8 Å². The van der Waals surface area contributed by atoms with Crippen molar-refractivity contribution in [3.63, 3.8) is 0 Å². The fourth-order valence-corrected chi connectivity index (χ4v) is 4.32. The Kier molecular flexibility index (Phi) is 5.90. The van der Waals surface area contributed by atoms with Gasteiger partial charge in [-0.15, -0.1) is 0 Å². The van der Waals surface area contributed by atoms with E-state index in [-0.39, 0.29) is 17.6 Å². The molecule has 1 fully saturated rings. The molecule has 0 bridgehead atoms. The lowest BCUT2D eigenvalue weighted by atomic mass is 10.1. The molecule has 0 atom stereocenters. The molecule has 30 heavy (non-hydrogen) atoms. The zero-order valence-electron chi connectivity index (χ0n) is 17.1. The Balaban J connectivity index is 1.37. The van der Waals surface area contributed by atoms with Gasteiger partial charge in [0.05, 0.1) is 11.4 Å². The number of aryl methyl sites for hydroxylation is 1. The minimum atomic E-state index is -0.0967. The fourth-order valence-electron chi connectivity index (χ4n) is 3.55. The Bertz CT molecular complexity index is 1080. The van der Waals surface area contributed by atoms with E-state index in [1.807, 2.05) is 41.1 Å². The second kappa shape index (κ2) is 8.75. The maximum atomic E-state index is 12.4. The van der Waals surface area contributed by atoms with E-state index in [0.717, 1.165) is 29.5 Å². The predicted octanol–water partition coefficient (Wildman–Crippen LogP) is 4.35. The van der Waals surface area contributed by atoms with Crippen molar-refractivity contribution in [3.8, 4) is 5.69 Å². The third-order valence-electron chi connectivity index (χ3n) is 5.31. The lowest BCUT2D eigenvalue weighted by molar-refractivity contribution is -0.117. The Morgan fingerprint density at radius 1 is 1.17 bits per heavy atom. The van der Waals surface area contributed by atoms with Gasteiger partial charge in [-0.25, -0.2) is 4.98 Å². The summed E-state index contributed by atoms with van der Waals surface area (Å²) in [6.45, 7) is 4.93. The standard InChI is InChI=1S/C23H24N4O2S/c1-16-5-3-6-20(17(16)2)27-14-12-24-23(27)30-15-21(28)25-18-8-10-19(11-9-18)26-13-4-7-22(26)29/h3,5-6,8-12,14H,4,7,13,15H2,1-2H3,(H,25,28). The first-order valence-electron chi connectivity index (χ1n) is 9.96. The van der Waals surface area contributed by atoms with Gasteiger partial charge < -0.3 is 10.2 Å². The van der Waals surface area contributed by atoms with Gasteiger partial charge in [0.2, 0.25) is 11.8 Å². The van der Waals surface area contributed by atoms with Gasteiger partial charge in [-0.1, -0.05) is 23.9 Å². The number of anilines is 2. The van der Waals surface area contributed by atoms with Gasteiger partial charge in [0, 0.05) is 36.7 Å². The van der Waals surface area contributed by atoms with Crippen molar-refractivity contribution in [1.29, 1.82) is 0 Å². The van der Waals surface area contributed by atoms with Gasteiger partial charge in [0.15, 0.2) is 5.16 Å². The Morgan fingerprint density at radius 2 is 1.97 bits per heavy atom. The smallest absolute Gasteiger partial charge is 0.234 e. The van der Waals surface area contributed by atoms with Crippen LogP contribution in [0.2, 0.25) is 0 Å². The van der Waals surface area contributed by atoms with E-state index in [4.69, 9.17) is 0 Å². The molecule has 0 saturated carbocycles. The summed E-state index contributed by atoms with van der Waals surface area (Å²) in [5, 5.41) is 3.69. The summed E-state index contributed by atoms with van der Waals surface area (Å²) in [5.74, 6) is 0.317. The number of benzene rings is 2. The zero-order chi connectivity index (χ0) is 21.1. The maximum Gasteiger partial charge on any atom is 0.234 e. The van der Waals surface area contributed by atoms with Crippen LogP contribution in [0.3, 0.4) is 0 Å². The number of carbonyl (C=O) groups is 2. The van der Waals surface area contributed by atoms with Crippen LogP contribution in [0.1, 0.15) is 24.0 Å². The van der Waals surface area contributed by atoms with Crippen LogP contribution in [-0.2, 0) is 9.59 Å². The summed E-state index contributed by atoms with van der Waals surface area (Å²) in [5.41, 5.74) is 5.07. The highest BCUT2D eigenvalue weighted by molar-refractivity contribution is 7.99. The van der Waals surface area contributed by atoms with E-state index in [9.17, 15) is 9.59 Å². The average molecular weight is 421 g/mol. The number of nitrogens with one attached hydrogen (secondary N) is 1. The van der Waals surface area contributed by atoms with Crippen molar-refractivity contribution >= 4 is 35.0 Å². The number of thioether (sulfide) groups is 1. The molecular weight excluding hydrogens is 396 g/mol. The van der Waals surface area contributed by atoms with E-state index in [2.05, 4.69) is 36.3 Å². The molecule has 2 amide bonds. The molecule has 1 N–H and O–H groups in total. The zero-order valence-corrected chi connectivity index (χ0v) is 17.9. The molecule has 2 aromatic carbocycles. The summed E-state index contributed by atoms with van der Waals surface area (Å²) in [6, 6.07) is 13.6. The van der Waals surface area contributed by atoms with Crippen LogP contribution in [0, 0.1) is 13.8 Å². The number of imidazole rings is 1. The number of hydrogen-bond acceptors (Lipinski definition) is 4. The largest absolute Gasteiger partial charge is 0.325 e. The Labute approximate surface area is 180 Å². The van der Waals surface area contributed by atoms with Gasteiger partial charge in [0.1, 0.15) is 0 Å². The van der Waals surface area contributed by atoms with Gasteiger partial charge in [-0.2, -0.15) is 0 Å². The van der Waals surface area contributed by atoms with Gasteiger partial charge >= 0.3 is 0 Å². The fraction of sp³-hybridized carbons (Fsp3) is 0.261. The monoisotopic (exact) mass is 420 g/mol. The van der Waals surface area contributed by atoms with Crippen molar-refractivity contribution in [1.82, 2.24) is 9.55 Å². The summed E-state index contributed by atoms with van der Waals surface area (Å²) in [6.07, 6.45) is 5.17. The van der Waals surface area contributed by atoms with Crippen LogP contribution in [0.25, 0.3) is 5.69 Å². The van der Waals surface area contributed by atoms with E-state index in [1.165, 1.54) is 22.9 Å².